The van der Waals surface area contributed by atoms with E-state index in [0.29, 0.717) is 5.56 Å². The predicted molar refractivity (Wildman–Crippen MR) is 85.1 cm³/mol. The first-order valence-electron chi connectivity index (χ1n) is 7.16. The maximum atomic E-state index is 12.0. The van der Waals surface area contributed by atoms with E-state index in [1.54, 1.807) is 12.3 Å². The van der Waals surface area contributed by atoms with Gasteiger partial charge in [0.2, 0.25) is 5.78 Å². The summed E-state index contributed by atoms with van der Waals surface area (Å²) in [5, 5.41) is 0. The van der Waals surface area contributed by atoms with Gasteiger partial charge in [0.25, 0.3) is 0 Å². The van der Waals surface area contributed by atoms with Crippen LogP contribution in [0.1, 0.15) is 42.3 Å². The number of aryl methyl sites for hydroxylation is 2. The fourth-order valence-corrected chi connectivity index (χ4v) is 2.17. The number of carbonyl (C=O) groups is 1. The summed E-state index contributed by atoms with van der Waals surface area (Å²) in [5.74, 6) is 0.766. The lowest BCUT2D eigenvalue weighted by atomic mass is 9.86. The molecule has 0 unspecified atom stereocenters. The van der Waals surface area contributed by atoms with E-state index in [4.69, 9.17) is 4.74 Å². The van der Waals surface area contributed by atoms with Crippen molar-refractivity contribution in [2.24, 2.45) is 7.05 Å². The molecule has 1 aromatic carbocycles. The van der Waals surface area contributed by atoms with Crippen LogP contribution in [0, 0.1) is 6.92 Å². The average molecular weight is 285 g/mol. The van der Waals surface area contributed by atoms with Crippen LogP contribution in [-0.2, 0) is 12.5 Å². The first-order chi connectivity index (χ1) is 9.77. The molecule has 3 nitrogen and oxygen atoms in total. The highest BCUT2D eigenvalue weighted by molar-refractivity contribution is 5.97. The molecule has 2 rings (SSSR count). The van der Waals surface area contributed by atoms with Crippen LogP contribution in [0.5, 0.6) is 5.75 Å². The Kier molecular flexibility index (Phi) is 4.21. The lowest BCUT2D eigenvalue weighted by Gasteiger charge is -2.20. The van der Waals surface area contributed by atoms with Gasteiger partial charge in [0.05, 0.1) is 0 Å². The molecule has 2 aromatic rings. The summed E-state index contributed by atoms with van der Waals surface area (Å²) < 4.78 is 7.53. The SMILES string of the molecule is Cc1cc(C(C)(C)C)ccc1OCC(=O)c1ccn(C)c1. The predicted octanol–water partition coefficient (Wildman–Crippen LogP) is 3.89. The van der Waals surface area contributed by atoms with Crippen molar-refractivity contribution in [3.63, 3.8) is 0 Å². The first kappa shape index (κ1) is 15.4. The molecular formula is C18H23NO2. The molecule has 0 amide bonds. The van der Waals surface area contributed by atoms with Crippen LogP contribution >= 0.6 is 0 Å². The minimum Gasteiger partial charge on any atom is -0.485 e. The van der Waals surface area contributed by atoms with Crippen molar-refractivity contribution in [3.8, 4) is 5.75 Å². The normalized spacial score (nSPS) is 11.5. The number of hydrogen-bond donors (Lipinski definition) is 0. The van der Waals surface area contributed by atoms with Crippen LogP contribution in [-0.4, -0.2) is 17.0 Å². The standard InChI is InChI=1S/C18H23NO2/c1-13-10-15(18(2,3)4)6-7-17(13)21-12-16(20)14-8-9-19(5)11-14/h6-11H,12H2,1-5H3. The van der Waals surface area contributed by atoms with Gasteiger partial charge in [-0.2, -0.15) is 0 Å². The fourth-order valence-electron chi connectivity index (χ4n) is 2.17. The number of ether oxygens (including phenoxy) is 1. The summed E-state index contributed by atoms with van der Waals surface area (Å²) in [6, 6.07) is 7.95. The van der Waals surface area contributed by atoms with Gasteiger partial charge in [-0.15, -0.1) is 0 Å². The Labute approximate surface area is 126 Å². The van der Waals surface area contributed by atoms with E-state index in [1.165, 1.54) is 5.56 Å². The topological polar surface area (TPSA) is 31.2 Å². The van der Waals surface area contributed by atoms with E-state index in [-0.39, 0.29) is 17.8 Å². The highest BCUT2D eigenvalue weighted by Crippen LogP contribution is 2.27. The van der Waals surface area contributed by atoms with Crippen molar-refractivity contribution in [1.82, 2.24) is 4.57 Å². The Bertz CT molecular complexity index is 647. The lowest BCUT2D eigenvalue weighted by molar-refractivity contribution is 0.0921. The molecule has 0 atom stereocenters. The van der Waals surface area contributed by atoms with Gasteiger partial charge in [0.15, 0.2) is 6.61 Å². The van der Waals surface area contributed by atoms with E-state index in [9.17, 15) is 4.79 Å². The molecular weight excluding hydrogens is 262 g/mol. The van der Waals surface area contributed by atoms with E-state index < -0.39 is 0 Å². The van der Waals surface area contributed by atoms with Crippen molar-refractivity contribution in [2.45, 2.75) is 33.1 Å². The molecule has 0 saturated carbocycles. The first-order valence-corrected chi connectivity index (χ1v) is 7.16. The van der Waals surface area contributed by atoms with Gasteiger partial charge in [0.1, 0.15) is 5.75 Å². The van der Waals surface area contributed by atoms with Gasteiger partial charge < -0.3 is 9.30 Å². The highest BCUT2D eigenvalue weighted by Gasteiger charge is 2.15. The third-order valence-corrected chi connectivity index (χ3v) is 3.55. The summed E-state index contributed by atoms with van der Waals surface area (Å²) in [7, 11) is 1.90. The molecule has 0 aliphatic rings. The molecule has 21 heavy (non-hydrogen) atoms. The zero-order valence-corrected chi connectivity index (χ0v) is 13.4. The van der Waals surface area contributed by atoms with Crippen molar-refractivity contribution >= 4 is 5.78 Å². The van der Waals surface area contributed by atoms with Crippen LogP contribution in [0.25, 0.3) is 0 Å². The van der Waals surface area contributed by atoms with Gasteiger partial charge >= 0.3 is 0 Å². The third kappa shape index (κ3) is 3.75. The molecule has 3 heteroatoms. The minimum absolute atomic E-state index is 0.00472. The second-order valence-corrected chi connectivity index (χ2v) is 6.51. The number of hydrogen-bond acceptors (Lipinski definition) is 2. The largest absolute Gasteiger partial charge is 0.485 e. The second kappa shape index (κ2) is 5.76. The fraction of sp³-hybridized carbons (Fsp3) is 0.389. The number of ketones is 1. The second-order valence-electron chi connectivity index (χ2n) is 6.51. The van der Waals surface area contributed by atoms with Crippen molar-refractivity contribution < 1.29 is 9.53 Å². The Morgan fingerprint density at radius 2 is 1.95 bits per heavy atom. The van der Waals surface area contributed by atoms with Crippen molar-refractivity contribution in [3.05, 3.63) is 53.3 Å². The molecule has 0 radical (unpaired) electrons. The van der Waals surface area contributed by atoms with Gasteiger partial charge in [-0.3, -0.25) is 4.79 Å². The van der Waals surface area contributed by atoms with Gasteiger partial charge in [0, 0.05) is 25.0 Å². The van der Waals surface area contributed by atoms with Gasteiger partial charge in [-0.25, -0.2) is 0 Å². The molecule has 1 heterocycles. The van der Waals surface area contributed by atoms with Gasteiger partial charge in [-0.05, 0) is 35.6 Å². The molecule has 0 aliphatic carbocycles. The van der Waals surface area contributed by atoms with E-state index >= 15 is 0 Å². The van der Waals surface area contributed by atoms with E-state index in [0.717, 1.165) is 11.3 Å². The van der Waals surface area contributed by atoms with Crippen LogP contribution in [0.4, 0.5) is 0 Å². The Morgan fingerprint density at radius 3 is 2.48 bits per heavy atom. The average Bonchev–Trinajstić information content (AvgIpc) is 2.82. The Morgan fingerprint density at radius 1 is 1.24 bits per heavy atom. The number of rotatable bonds is 4. The van der Waals surface area contributed by atoms with Crippen LogP contribution < -0.4 is 4.74 Å². The van der Waals surface area contributed by atoms with Crippen LogP contribution in [0.3, 0.4) is 0 Å². The summed E-state index contributed by atoms with van der Waals surface area (Å²) in [6.45, 7) is 8.63. The Balaban J connectivity index is 2.05. The molecule has 112 valence electrons. The summed E-state index contributed by atoms with van der Waals surface area (Å²) in [6.07, 6.45) is 3.66. The smallest absolute Gasteiger partial charge is 0.201 e. The van der Waals surface area contributed by atoms with E-state index in [2.05, 4.69) is 32.9 Å². The molecule has 0 spiro atoms. The highest BCUT2D eigenvalue weighted by atomic mass is 16.5. The number of Topliss-reactive ketones (excluding diaryl/α,β-unsaturated/α-hetero) is 1. The molecule has 0 N–H and O–H groups in total. The number of carbonyl (C=O) groups excluding carboxylic acids is 1. The van der Waals surface area contributed by atoms with Crippen molar-refractivity contribution in [2.75, 3.05) is 6.61 Å². The minimum atomic E-state index is -0.00472. The quantitative estimate of drug-likeness (QED) is 0.798. The van der Waals surface area contributed by atoms with Crippen LogP contribution in [0.15, 0.2) is 36.7 Å². The van der Waals surface area contributed by atoms with E-state index in [1.807, 2.05) is 30.8 Å². The van der Waals surface area contributed by atoms with Crippen molar-refractivity contribution in [1.29, 1.82) is 0 Å². The zero-order valence-electron chi connectivity index (χ0n) is 13.4. The molecule has 1 aromatic heterocycles. The number of nitrogens with zero attached hydrogens (tertiary/aromatic N) is 1. The maximum Gasteiger partial charge on any atom is 0.201 e. The zero-order chi connectivity index (χ0) is 15.6. The lowest BCUT2D eigenvalue weighted by Crippen LogP contribution is -2.13. The molecule has 0 saturated heterocycles. The molecule has 0 aliphatic heterocycles. The summed E-state index contributed by atoms with van der Waals surface area (Å²) >= 11 is 0. The number of aromatic nitrogens is 1. The third-order valence-electron chi connectivity index (χ3n) is 3.55. The molecule has 0 bridgehead atoms. The monoisotopic (exact) mass is 285 g/mol. The molecule has 0 fully saturated rings. The summed E-state index contributed by atoms with van der Waals surface area (Å²) in [4.78, 5) is 12.0. The Hall–Kier alpha value is -2.03. The van der Waals surface area contributed by atoms with Gasteiger partial charge in [-0.1, -0.05) is 32.9 Å². The van der Waals surface area contributed by atoms with Crippen LogP contribution in [0.2, 0.25) is 0 Å². The number of benzene rings is 1. The maximum absolute atomic E-state index is 12.0. The summed E-state index contributed by atoms with van der Waals surface area (Å²) in [5.41, 5.74) is 3.12.